The van der Waals surface area contributed by atoms with Crippen LogP contribution >= 0.6 is 22.9 Å². The number of methoxy groups -OCH3 is 1. The zero-order valence-corrected chi connectivity index (χ0v) is 18.6. The first-order valence-corrected chi connectivity index (χ1v) is 11.2. The summed E-state index contributed by atoms with van der Waals surface area (Å²) in [5, 5.41) is 6.93. The predicted molar refractivity (Wildman–Crippen MR) is 122 cm³/mol. The third-order valence-corrected chi connectivity index (χ3v) is 6.53. The van der Waals surface area contributed by atoms with Gasteiger partial charge in [0.05, 0.1) is 18.7 Å². The summed E-state index contributed by atoms with van der Waals surface area (Å²) in [6.45, 7) is 0.557. The molecular formula is C23H22ClN3O3S. The number of nitrogens with one attached hydrogen (secondary N) is 2. The Morgan fingerprint density at radius 1 is 1.16 bits per heavy atom. The van der Waals surface area contributed by atoms with Crippen LogP contribution in [0.25, 0.3) is 0 Å². The number of hydrogen-bond acceptors (Lipinski definition) is 5. The number of ether oxygens (including phenoxy) is 1. The molecule has 1 heterocycles. The Labute approximate surface area is 189 Å². The molecule has 1 unspecified atom stereocenters. The summed E-state index contributed by atoms with van der Waals surface area (Å²) in [4.78, 5) is 30.7. The van der Waals surface area contributed by atoms with Gasteiger partial charge >= 0.3 is 0 Å². The van der Waals surface area contributed by atoms with Gasteiger partial charge in [-0.2, -0.15) is 0 Å². The molecule has 2 N–H and O–H groups in total. The van der Waals surface area contributed by atoms with Gasteiger partial charge in [-0.3, -0.25) is 14.9 Å². The number of fused-ring (bicyclic) bond motifs is 1. The van der Waals surface area contributed by atoms with Gasteiger partial charge in [-0.25, -0.2) is 4.98 Å². The smallest absolute Gasteiger partial charge is 0.257 e. The molecule has 3 aromatic rings. The van der Waals surface area contributed by atoms with Gasteiger partial charge < -0.3 is 10.1 Å². The van der Waals surface area contributed by atoms with E-state index in [9.17, 15) is 9.59 Å². The first kappa shape index (κ1) is 21.3. The lowest BCUT2D eigenvalue weighted by molar-refractivity contribution is -0.122. The Bertz CT molecular complexity index is 1080. The van der Waals surface area contributed by atoms with E-state index in [4.69, 9.17) is 16.3 Å². The van der Waals surface area contributed by atoms with E-state index in [1.165, 1.54) is 11.3 Å². The Morgan fingerprint density at radius 2 is 1.90 bits per heavy atom. The fourth-order valence-electron chi connectivity index (χ4n) is 3.55. The van der Waals surface area contributed by atoms with Gasteiger partial charge in [0.1, 0.15) is 5.75 Å². The molecule has 0 saturated heterocycles. The predicted octanol–water partition coefficient (Wildman–Crippen LogP) is 4.45. The Kier molecular flexibility index (Phi) is 6.53. The number of amides is 2. The van der Waals surface area contributed by atoms with Gasteiger partial charge in [-0.1, -0.05) is 23.7 Å². The number of halogens is 1. The molecule has 4 rings (SSSR count). The van der Waals surface area contributed by atoms with Crippen LogP contribution in [0.3, 0.4) is 0 Å². The number of aromatic nitrogens is 1. The molecule has 6 nitrogen and oxygen atoms in total. The monoisotopic (exact) mass is 455 g/mol. The molecular weight excluding hydrogens is 434 g/mol. The average Bonchev–Trinajstić information content (AvgIpc) is 3.34. The van der Waals surface area contributed by atoms with Crippen LogP contribution in [0, 0.1) is 0 Å². The van der Waals surface area contributed by atoms with Gasteiger partial charge in [0, 0.05) is 22.0 Å². The fourth-order valence-corrected chi connectivity index (χ4v) is 4.71. The maximum atomic E-state index is 12.7. The third kappa shape index (κ3) is 5.06. The molecule has 0 spiro atoms. The Morgan fingerprint density at radius 3 is 2.61 bits per heavy atom. The molecule has 1 aromatic heterocycles. The SMILES string of the molecule is COc1ccc(CCNC(=O)C2CCc3sc(NC(=O)c4ccc(Cl)cc4)nc32)cc1. The van der Waals surface area contributed by atoms with Crippen LogP contribution in [0.1, 0.15) is 38.8 Å². The number of thiazole rings is 1. The molecule has 31 heavy (non-hydrogen) atoms. The van der Waals surface area contributed by atoms with Gasteiger partial charge in [0.15, 0.2) is 5.13 Å². The average molecular weight is 456 g/mol. The summed E-state index contributed by atoms with van der Waals surface area (Å²) in [6.07, 6.45) is 2.28. The van der Waals surface area contributed by atoms with E-state index < -0.39 is 0 Å². The second-order valence-corrected chi connectivity index (χ2v) is 8.79. The van der Waals surface area contributed by atoms with Crippen LogP contribution in [0.2, 0.25) is 5.02 Å². The number of anilines is 1. The summed E-state index contributed by atoms with van der Waals surface area (Å²) in [5.41, 5.74) is 2.42. The van der Waals surface area contributed by atoms with Crippen molar-refractivity contribution in [3.05, 3.63) is 75.3 Å². The highest BCUT2D eigenvalue weighted by molar-refractivity contribution is 7.16. The lowest BCUT2D eigenvalue weighted by Crippen LogP contribution is -2.30. The number of carbonyl (C=O) groups excluding carboxylic acids is 2. The minimum atomic E-state index is -0.275. The molecule has 0 radical (unpaired) electrons. The molecule has 1 atom stereocenters. The molecule has 1 aliphatic carbocycles. The molecule has 0 aliphatic heterocycles. The zero-order chi connectivity index (χ0) is 21.8. The molecule has 0 saturated carbocycles. The highest BCUT2D eigenvalue weighted by Crippen LogP contribution is 2.38. The molecule has 160 valence electrons. The molecule has 2 aromatic carbocycles. The summed E-state index contributed by atoms with van der Waals surface area (Å²) < 4.78 is 5.16. The van der Waals surface area contributed by atoms with E-state index in [1.807, 2.05) is 24.3 Å². The minimum Gasteiger partial charge on any atom is -0.497 e. The summed E-state index contributed by atoms with van der Waals surface area (Å²) >= 11 is 7.30. The first-order valence-electron chi connectivity index (χ1n) is 10.0. The molecule has 1 aliphatic rings. The standard InChI is InChI=1S/C23H22ClN3O3S/c1-30-17-8-2-14(3-9-17)12-13-25-22(29)18-10-11-19-20(18)26-23(31-19)27-21(28)15-4-6-16(24)7-5-15/h2-9,18H,10-13H2,1H3,(H,25,29)(H,26,27,28). The second kappa shape index (κ2) is 9.49. The van der Waals surface area contributed by atoms with Gasteiger partial charge in [0.25, 0.3) is 5.91 Å². The molecule has 0 bridgehead atoms. The van der Waals surface area contributed by atoms with Crippen LogP contribution in [0.4, 0.5) is 5.13 Å². The number of hydrogen-bond donors (Lipinski definition) is 2. The van der Waals surface area contributed by atoms with E-state index in [0.717, 1.165) is 41.1 Å². The summed E-state index contributed by atoms with van der Waals surface area (Å²) in [7, 11) is 1.64. The minimum absolute atomic E-state index is 0.0202. The first-order chi connectivity index (χ1) is 15.0. The topological polar surface area (TPSA) is 80.3 Å². The van der Waals surface area contributed by atoms with Crippen LogP contribution < -0.4 is 15.4 Å². The Balaban J connectivity index is 1.33. The van der Waals surface area contributed by atoms with Crippen molar-refractivity contribution < 1.29 is 14.3 Å². The van der Waals surface area contributed by atoms with Crippen molar-refractivity contribution in [3.63, 3.8) is 0 Å². The number of benzene rings is 2. The van der Waals surface area contributed by atoms with Crippen LogP contribution in [-0.2, 0) is 17.6 Å². The van der Waals surface area contributed by atoms with Crippen molar-refractivity contribution in [1.29, 1.82) is 0 Å². The maximum absolute atomic E-state index is 12.7. The van der Waals surface area contributed by atoms with Crippen LogP contribution in [-0.4, -0.2) is 30.5 Å². The number of nitrogens with zero attached hydrogens (tertiary/aromatic N) is 1. The van der Waals surface area contributed by atoms with Gasteiger partial charge in [-0.05, 0) is 61.2 Å². The lowest BCUT2D eigenvalue weighted by Gasteiger charge is -2.11. The van der Waals surface area contributed by atoms with Gasteiger partial charge in [0.2, 0.25) is 5.91 Å². The third-order valence-electron chi connectivity index (χ3n) is 5.23. The molecule has 2 amide bonds. The van der Waals surface area contributed by atoms with Crippen molar-refractivity contribution >= 4 is 39.9 Å². The number of aryl methyl sites for hydroxylation is 1. The van der Waals surface area contributed by atoms with Gasteiger partial charge in [-0.15, -0.1) is 11.3 Å². The van der Waals surface area contributed by atoms with E-state index in [0.29, 0.717) is 22.3 Å². The number of rotatable bonds is 7. The van der Waals surface area contributed by atoms with Crippen molar-refractivity contribution in [3.8, 4) is 5.75 Å². The summed E-state index contributed by atoms with van der Waals surface area (Å²) in [6, 6.07) is 14.5. The van der Waals surface area contributed by atoms with Crippen molar-refractivity contribution in [2.24, 2.45) is 0 Å². The fraction of sp³-hybridized carbons (Fsp3) is 0.261. The molecule has 0 fully saturated rings. The second-order valence-electron chi connectivity index (χ2n) is 7.27. The van der Waals surface area contributed by atoms with E-state index in [1.54, 1.807) is 31.4 Å². The quantitative estimate of drug-likeness (QED) is 0.551. The van der Waals surface area contributed by atoms with Crippen molar-refractivity contribution in [2.75, 3.05) is 19.0 Å². The van der Waals surface area contributed by atoms with Crippen molar-refractivity contribution in [2.45, 2.75) is 25.2 Å². The summed E-state index contributed by atoms with van der Waals surface area (Å²) in [5.74, 6) is 0.273. The lowest BCUT2D eigenvalue weighted by atomic mass is 10.1. The highest BCUT2D eigenvalue weighted by atomic mass is 35.5. The highest BCUT2D eigenvalue weighted by Gasteiger charge is 2.32. The largest absolute Gasteiger partial charge is 0.497 e. The maximum Gasteiger partial charge on any atom is 0.257 e. The van der Waals surface area contributed by atoms with E-state index >= 15 is 0 Å². The number of carbonyl (C=O) groups is 2. The Hall–Kier alpha value is -2.90. The van der Waals surface area contributed by atoms with Crippen molar-refractivity contribution in [1.82, 2.24) is 10.3 Å². The van der Waals surface area contributed by atoms with E-state index in [-0.39, 0.29) is 17.7 Å². The van der Waals surface area contributed by atoms with E-state index in [2.05, 4.69) is 15.6 Å². The molecule has 8 heteroatoms. The van der Waals surface area contributed by atoms with Crippen LogP contribution in [0.5, 0.6) is 5.75 Å². The normalized spacial score (nSPS) is 14.7. The zero-order valence-electron chi connectivity index (χ0n) is 17.0. The van der Waals surface area contributed by atoms with Crippen LogP contribution in [0.15, 0.2) is 48.5 Å².